The van der Waals surface area contributed by atoms with Crippen molar-refractivity contribution in [2.24, 2.45) is 0 Å². The van der Waals surface area contributed by atoms with E-state index < -0.39 is 6.36 Å². The first-order valence-corrected chi connectivity index (χ1v) is 8.25. The smallest absolute Gasteiger partial charge is 0.494 e. The van der Waals surface area contributed by atoms with Crippen LogP contribution >= 0.6 is 0 Å². The monoisotopic (exact) mass is 331 g/mol. The minimum atomic E-state index is -4.66. The molecule has 1 saturated heterocycles. The molecule has 6 heteroatoms. The molecule has 1 aliphatic rings. The van der Waals surface area contributed by atoms with Crippen molar-refractivity contribution in [1.29, 1.82) is 0 Å². The van der Waals surface area contributed by atoms with Crippen LogP contribution in [0.1, 0.15) is 44.9 Å². The number of nitrogens with one attached hydrogen (secondary N) is 1. The van der Waals surface area contributed by atoms with Crippen LogP contribution in [0.5, 0.6) is 11.5 Å². The quantitative estimate of drug-likeness (QED) is 0.667. The highest BCUT2D eigenvalue weighted by atomic mass is 19.4. The zero-order chi connectivity index (χ0) is 16.5. The third kappa shape index (κ3) is 7.59. The fourth-order valence-electron chi connectivity index (χ4n) is 2.78. The van der Waals surface area contributed by atoms with E-state index in [9.17, 15) is 13.2 Å². The lowest BCUT2D eigenvalue weighted by Crippen LogP contribution is -2.20. The average molecular weight is 331 g/mol. The number of rotatable bonds is 9. The number of hydrogen-bond acceptors (Lipinski definition) is 3. The van der Waals surface area contributed by atoms with Crippen molar-refractivity contribution in [3.63, 3.8) is 0 Å². The summed E-state index contributed by atoms with van der Waals surface area (Å²) in [6.07, 6.45) is 3.70. The number of hydrogen-bond donors (Lipinski definition) is 1. The van der Waals surface area contributed by atoms with E-state index in [0.717, 1.165) is 19.4 Å². The van der Waals surface area contributed by atoms with E-state index >= 15 is 0 Å². The predicted octanol–water partition coefficient (Wildman–Crippen LogP) is 4.67. The summed E-state index contributed by atoms with van der Waals surface area (Å²) >= 11 is 0. The lowest BCUT2D eigenvalue weighted by atomic mass is 10.1. The first-order chi connectivity index (χ1) is 11.0. The van der Waals surface area contributed by atoms with Gasteiger partial charge in [0.2, 0.25) is 0 Å². The molecule has 0 saturated carbocycles. The Labute approximate surface area is 135 Å². The summed E-state index contributed by atoms with van der Waals surface area (Å²) < 4.78 is 45.4. The molecule has 1 atom stereocenters. The van der Waals surface area contributed by atoms with Crippen LogP contribution in [0.3, 0.4) is 0 Å². The van der Waals surface area contributed by atoms with E-state index in [1.807, 2.05) is 0 Å². The van der Waals surface area contributed by atoms with E-state index in [1.54, 1.807) is 0 Å². The molecule has 1 aromatic rings. The van der Waals surface area contributed by atoms with Crippen molar-refractivity contribution in [1.82, 2.24) is 5.32 Å². The van der Waals surface area contributed by atoms with Gasteiger partial charge in [0.05, 0.1) is 6.61 Å². The Morgan fingerprint density at radius 2 is 1.70 bits per heavy atom. The van der Waals surface area contributed by atoms with Gasteiger partial charge in [-0.15, -0.1) is 13.2 Å². The summed E-state index contributed by atoms with van der Waals surface area (Å²) in [5, 5.41) is 3.49. The standard InChI is InChI=1S/C17H24F3NO2/c18-17(19,20)23-16-10-8-15(9-11-16)22-13-4-2-1-3-6-14-7-5-12-21-14/h8-11,14,21H,1-7,12-13H2. The van der Waals surface area contributed by atoms with Gasteiger partial charge in [-0.05, 0) is 56.5 Å². The van der Waals surface area contributed by atoms with Gasteiger partial charge in [-0.3, -0.25) is 0 Å². The second kappa shape index (κ2) is 9.01. The van der Waals surface area contributed by atoms with Crippen LogP contribution in [0.2, 0.25) is 0 Å². The lowest BCUT2D eigenvalue weighted by Gasteiger charge is -2.11. The SMILES string of the molecule is FC(F)(F)Oc1ccc(OCCCCCCC2CCCN2)cc1. The molecule has 1 aliphatic heterocycles. The van der Waals surface area contributed by atoms with Gasteiger partial charge in [-0.1, -0.05) is 19.3 Å². The number of unbranched alkanes of at least 4 members (excludes halogenated alkanes) is 3. The number of alkyl halides is 3. The molecular formula is C17H24F3NO2. The molecule has 3 nitrogen and oxygen atoms in total. The maximum Gasteiger partial charge on any atom is 0.573 e. The molecule has 1 N–H and O–H groups in total. The molecule has 23 heavy (non-hydrogen) atoms. The minimum absolute atomic E-state index is 0.231. The Morgan fingerprint density at radius 3 is 2.35 bits per heavy atom. The third-order valence-electron chi connectivity index (χ3n) is 3.94. The molecule has 0 spiro atoms. The summed E-state index contributed by atoms with van der Waals surface area (Å²) in [6.45, 7) is 1.74. The number of halogens is 3. The zero-order valence-corrected chi connectivity index (χ0v) is 13.2. The van der Waals surface area contributed by atoms with Crippen molar-refractivity contribution < 1.29 is 22.6 Å². The van der Waals surface area contributed by atoms with Gasteiger partial charge < -0.3 is 14.8 Å². The minimum Gasteiger partial charge on any atom is -0.494 e. The molecular weight excluding hydrogens is 307 g/mol. The van der Waals surface area contributed by atoms with Gasteiger partial charge in [0.15, 0.2) is 0 Å². The molecule has 0 amide bonds. The van der Waals surface area contributed by atoms with E-state index in [2.05, 4.69) is 10.1 Å². The van der Waals surface area contributed by atoms with Crippen LogP contribution in [-0.4, -0.2) is 25.6 Å². The maximum absolute atomic E-state index is 12.0. The maximum atomic E-state index is 12.0. The van der Waals surface area contributed by atoms with Crippen molar-refractivity contribution in [2.45, 2.75) is 57.3 Å². The van der Waals surface area contributed by atoms with Gasteiger partial charge in [-0.2, -0.15) is 0 Å². The van der Waals surface area contributed by atoms with Crippen LogP contribution in [-0.2, 0) is 0 Å². The van der Waals surface area contributed by atoms with E-state index in [1.165, 1.54) is 56.4 Å². The van der Waals surface area contributed by atoms with E-state index in [0.29, 0.717) is 18.4 Å². The highest BCUT2D eigenvalue weighted by Gasteiger charge is 2.30. The summed E-state index contributed by atoms with van der Waals surface area (Å²) in [5.74, 6) is 0.333. The Balaban J connectivity index is 1.52. The van der Waals surface area contributed by atoms with Crippen molar-refractivity contribution >= 4 is 0 Å². The topological polar surface area (TPSA) is 30.5 Å². The lowest BCUT2D eigenvalue weighted by molar-refractivity contribution is -0.274. The fourth-order valence-corrected chi connectivity index (χ4v) is 2.78. The average Bonchev–Trinajstić information content (AvgIpc) is 3.00. The molecule has 0 radical (unpaired) electrons. The van der Waals surface area contributed by atoms with Gasteiger partial charge >= 0.3 is 6.36 Å². The second-order valence-electron chi connectivity index (χ2n) is 5.86. The Kier molecular flexibility index (Phi) is 7.02. The Bertz CT molecular complexity index is 442. The molecule has 1 heterocycles. The highest BCUT2D eigenvalue weighted by molar-refractivity contribution is 5.31. The fraction of sp³-hybridized carbons (Fsp3) is 0.647. The summed E-state index contributed by atoms with van der Waals surface area (Å²) in [6, 6.07) is 6.22. The van der Waals surface area contributed by atoms with Gasteiger partial charge in [0.1, 0.15) is 11.5 Å². The van der Waals surface area contributed by atoms with Gasteiger partial charge in [0.25, 0.3) is 0 Å². The van der Waals surface area contributed by atoms with Crippen LogP contribution in [0.15, 0.2) is 24.3 Å². The second-order valence-corrected chi connectivity index (χ2v) is 5.86. The van der Waals surface area contributed by atoms with Crippen LogP contribution in [0.25, 0.3) is 0 Å². The summed E-state index contributed by atoms with van der Waals surface area (Å²) in [7, 11) is 0. The first kappa shape index (κ1) is 17.9. The van der Waals surface area contributed by atoms with Crippen LogP contribution < -0.4 is 14.8 Å². The Morgan fingerprint density at radius 1 is 1.00 bits per heavy atom. The summed E-state index contributed by atoms with van der Waals surface area (Å²) in [4.78, 5) is 0. The van der Waals surface area contributed by atoms with Crippen molar-refractivity contribution in [2.75, 3.05) is 13.2 Å². The number of ether oxygens (including phenoxy) is 2. The molecule has 1 unspecified atom stereocenters. The largest absolute Gasteiger partial charge is 0.573 e. The molecule has 1 aromatic carbocycles. The van der Waals surface area contributed by atoms with E-state index in [4.69, 9.17) is 4.74 Å². The van der Waals surface area contributed by atoms with Crippen LogP contribution in [0.4, 0.5) is 13.2 Å². The molecule has 1 fully saturated rings. The van der Waals surface area contributed by atoms with E-state index in [-0.39, 0.29) is 5.75 Å². The molecule has 0 aliphatic carbocycles. The van der Waals surface area contributed by atoms with Gasteiger partial charge in [-0.25, -0.2) is 0 Å². The first-order valence-electron chi connectivity index (χ1n) is 8.25. The van der Waals surface area contributed by atoms with Crippen molar-refractivity contribution in [3.8, 4) is 11.5 Å². The Hall–Kier alpha value is -1.43. The van der Waals surface area contributed by atoms with Crippen LogP contribution in [0, 0.1) is 0 Å². The third-order valence-corrected chi connectivity index (χ3v) is 3.94. The summed E-state index contributed by atoms with van der Waals surface area (Å²) in [5.41, 5.74) is 0. The normalized spacial score (nSPS) is 18.1. The molecule has 130 valence electrons. The molecule has 0 aromatic heterocycles. The van der Waals surface area contributed by atoms with Gasteiger partial charge in [0, 0.05) is 6.04 Å². The number of benzene rings is 1. The molecule has 2 rings (SSSR count). The van der Waals surface area contributed by atoms with Crippen molar-refractivity contribution in [3.05, 3.63) is 24.3 Å². The molecule has 0 bridgehead atoms. The predicted molar refractivity (Wildman–Crippen MR) is 82.7 cm³/mol. The highest BCUT2D eigenvalue weighted by Crippen LogP contribution is 2.24. The zero-order valence-electron chi connectivity index (χ0n) is 13.2.